The number of esters is 3. The smallest absolute Gasteiger partial charge is 0.306 e. The molecule has 0 saturated carbocycles. The second-order valence-corrected chi connectivity index (χ2v) is 14.9. The topological polar surface area (TPSA) is 78.9 Å². The molecule has 2 atom stereocenters. The van der Waals surface area contributed by atoms with Gasteiger partial charge in [-0.3, -0.25) is 14.4 Å². The summed E-state index contributed by atoms with van der Waals surface area (Å²) < 4.78 is 16.6. The Bertz CT molecular complexity index is 738. The molecule has 0 amide bonds. The molecule has 0 aromatic rings. The largest absolute Gasteiger partial charge is 0.462 e. The van der Waals surface area contributed by atoms with Gasteiger partial charge in [0, 0.05) is 19.3 Å². The molecule has 0 rings (SSSR count). The molecular weight excluding hydrogens is 612 g/mol. The van der Waals surface area contributed by atoms with Gasteiger partial charge in [0.1, 0.15) is 13.2 Å². The fraction of sp³-hybridized carbons (Fsp3) is 0.930. The van der Waals surface area contributed by atoms with Crippen LogP contribution in [0.1, 0.15) is 233 Å². The Labute approximate surface area is 304 Å². The van der Waals surface area contributed by atoms with Gasteiger partial charge in [-0.05, 0) is 25.2 Å². The standard InChI is InChI=1S/C43H82O6/c1-5-8-10-12-14-15-16-17-18-19-20-22-28-32-36-43(46)49-40(37-47-41(44)34-30-26-21-13-11-9-6-2)38-48-42(45)35-31-27-24-23-25-29-33-39(4)7-3/h39-40H,5-38H2,1-4H3/t39?,40-/m0/s1. The quantitative estimate of drug-likeness (QED) is 0.0364. The highest BCUT2D eigenvalue weighted by Gasteiger charge is 2.19. The lowest BCUT2D eigenvalue weighted by Crippen LogP contribution is -2.30. The Morgan fingerprint density at radius 2 is 0.714 bits per heavy atom. The summed E-state index contributed by atoms with van der Waals surface area (Å²) in [7, 11) is 0. The molecule has 0 aliphatic carbocycles. The van der Waals surface area contributed by atoms with E-state index in [9.17, 15) is 14.4 Å². The monoisotopic (exact) mass is 695 g/mol. The average Bonchev–Trinajstić information content (AvgIpc) is 3.10. The lowest BCUT2D eigenvalue weighted by molar-refractivity contribution is -0.167. The molecule has 0 bridgehead atoms. The van der Waals surface area contributed by atoms with Gasteiger partial charge in [0.25, 0.3) is 0 Å². The van der Waals surface area contributed by atoms with Crippen LogP contribution < -0.4 is 0 Å². The van der Waals surface area contributed by atoms with E-state index in [1.165, 1.54) is 128 Å². The normalized spacial score (nSPS) is 12.5. The Morgan fingerprint density at radius 3 is 1.06 bits per heavy atom. The van der Waals surface area contributed by atoms with Crippen molar-refractivity contribution in [2.75, 3.05) is 13.2 Å². The lowest BCUT2D eigenvalue weighted by atomic mass is 10.00. The maximum absolute atomic E-state index is 12.7. The fourth-order valence-corrected chi connectivity index (χ4v) is 6.24. The van der Waals surface area contributed by atoms with Crippen LogP contribution in [-0.2, 0) is 28.6 Å². The number of unbranched alkanes of at least 4 members (excludes halogenated alkanes) is 24. The molecule has 0 fully saturated rings. The maximum atomic E-state index is 12.7. The van der Waals surface area contributed by atoms with Crippen LogP contribution in [0.2, 0.25) is 0 Å². The first-order chi connectivity index (χ1) is 23.9. The van der Waals surface area contributed by atoms with Crippen LogP contribution in [0.4, 0.5) is 0 Å². The summed E-state index contributed by atoms with van der Waals surface area (Å²) in [5.41, 5.74) is 0. The van der Waals surface area contributed by atoms with Crippen molar-refractivity contribution < 1.29 is 28.6 Å². The van der Waals surface area contributed by atoms with Crippen molar-refractivity contribution in [1.29, 1.82) is 0 Å². The van der Waals surface area contributed by atoms with Crippen molar-refractivity contribution in [3.05, 3.63) is 0 Å². The van der Waals surface area contributed by atoms with E-state index in [0.29, 0.717) is 19.3 Å². The van der Waals surface area contributed by atoms with E-state index < -0.39 is 6.10 Å². The zero-order chi connectivity index (χ0) is 36.0. The van der Waals surface area contributed by atoms with Gasteiger partial charge in [-0.25, -0.2) is 0 Å². The average molecular weight is 695 g/mol. The highest BCUT2D eigenvalue weighted by molar-refractivity contribution is 5.71. The second-order valence-electron chi connectivity index (χ2n) is 14.9. The molecule has 49 heavy (non-hydrogen) atoms. The van der Waals surface area contributed by atoms with E-state index in [4.69, 9.17) is 14.2 Å². The van der Waals surface area contributed by atoms with Crippen molar-refractivity contribution >= 4 is 17.9 Å². The Morgan fingerprint density at radius 1 is 0.408 bits per heavy atom. The maximum Gasteiger partial charge on any atom is 0.306 e. The Balaban J connectivity index is 4.30. The van der Waals surface area contributed by atoms with Gasteiger partial charge in [0.05, 0.1) is 0 Å². The third-order valence-corrected chi connectivity index (χ3v) is 9.90. The Hall–Kier alpha value is -1.59. The molecule has 0 N–H and O–H groups in total. The fourth-order valence-electron chi connectivity index (χ4n) is 6.24. The number of carbonyl (C=O) groups is 3. The summed E-state index contributed by atoms with van der Waals surface area (Å²) in [5.74, 6) is -0.0525. The first-order valence-electron chi connectivity index (χ1n) is 21.4. The van der Waals surface area contributed by atoms with E-state index in [-0.39, 0.29) is 31.1 Å². The second kappa shape index (κ2) is 37.7. The molecule has 0 radical (unpaired) electrons. The summed E-state index contributed by atoms with van der Waals surface area (Å²) in [6.07, 6.45) is 35.2. The first-order valence-corrected chi connectivity index (χ1v) is 21.4. The summed E-state index contributed by atoms with van der Waals surface area (Å²) in [4.78, 5) is 37.5. The van der Waals surface area contributed by atoms with E-state index in [2.05, 4.69) is 27.7 Å². The number of ether oxygens (including phenoxy) is 3. The van der Waals surface area contributed by atoms with Crippen LogP contribution in [0.25, 0.3) is 0 Å². The third kappa shape index (κ3) is 36.0. The van der Waals surface area contributed by atoms with Crippen molar-refractivity contribution in [3.63, 3.8) is 0 Å². The predicted octanol–water partition coefficient (Wildman–Crippen LogP) is 13.2. The summed E-state index contributed by atoms with van der Waals surface area (Å²) in [5, 5.41) is 0. The van der Waals surface area contributed by atoms with E-state index in [1.54, 1.807) is 0 Å². The van der Waals surface area contributed by atoms with Gasteiger partial charge < -0.3 is 14.2 Å². The molecule has 0 aliphatic heterocycles. The SMILES string of the molecule is CCCCCCCCCCCCCCCCC(=O)O[C@@H](COC(=O)CCCCCCCCC)COC(=O)CCCCCCCCC(C)CC. The zero-order valence-electron chi connectivity index (χ0n) is 33.1. The minimum atomic E-state index is -0.758. The summed E-state index contributed by atoms with van der Waals surface area (Å²) >= 11 is 0. The van der Waals surface area contributed by atoms with Crippen LogP contribution in [0.3, 0.4) is 0 Å². The molecule has 290 valence electrons. The van der Waals surface area contributed by atoms with Crippen molar-refractivity contribution in [2.45, 2.75) is 239 Å². The number of hydrogen-bond donors (Lipinski definition) is 0. The molecule has 1 unspecified atom stereocenters. The van der Waals surface area contributed by atoms with Crippen LogP contribution in [-0.4, -0.2) is 37.2 Å². The van der Waals surface area contributed by atoms with Gasteiger partial charge in [-0.2, -0.15) is 0 Å². The molecule has 6 nitrogen and oxygen atoms in total. The molecular formula is C43H82O6. The highest BCUT2D eigenvalue weighted by atomic mass is 16.6. The number of carbonyl (C=O) groups excluding carboxylic acids is 3. The van der Waals surface area contributed by atoms with Gasteiger partial charge in [-0.1, -0.05) is 195 Å². The van der Waals surface area contributed by atoms with E-state index >= 15 is 0 Å². The third-order valence-electron chi connectivity index (χ3n) is 9.90. The van der Waals surface area contributed by atoms with Gasteiger partial charge in [-0.15, -0.1) is 0 Å². The van der Waals surface area contributed by atoms with Crippen molar-refractivity contribution in [1.82, 2.24) is 0 Å². The molecule has 0 heterocycles. The number of hydrogen-bond acceptors (Lipinski definition) is 6. The molecule has 0 aromatic carbocycles. The first kappa shape index (κ1) is 47.4. The van der Waals surface area contributed by atoms with Crippen LogP contribution in [0.5, 0.6) is 0 Å². The molecule has 6 heteroatoms. The summed E-state index contributed by atoms with van der Waals surface area (Å²) in [6, 6.07) is 0. The lowest BCUT2D eigenvalue weighted by Gasteiger charge is -2.18. The Kier molecular flexibility index (Phi) is 36.4. The van der Waals surface area contributed by atoms with Crippen LogP contribution >= 0.6 is 0 Å². The minimum Gasteiger partial charge on any atom is -0.462 e. The predicted molar refractivity (Wildman–Crippen MR) is 206 cm³/mol. The zero-order valence-corrected chi connectivity index (χ0v) is 33.1. The molecule has 0 aromatic heterocycles. The van der Waals surface area contributed by atoms with Crippen LogP contribution in [0.15, 0.2) is 0 Å². The molecule has 0 saturated heterocycles. The molecule has 0 spiro atoms. The van der Waals surface area contributed by atoms with E-state index in [1.807, 2.05) is 0 Å². The van der Waals surface area contributed by atoms with E-state index in [0.717, 1.165) is 63.7 Å². The number of rotatable bonds is 38. The molecule has 0 aliphatic rings. The minimum absolute atomic E-state index is 0.0657. The van der Waals surface area contributed by atoms with Gasteiger partial charge in [0.2, 0.25) is 0 Å². The summed E-state index contributed by atoms with van der Waals surface area (Å²) in [6.45, 7) is 8.91. The van der Waals surface area contributed by atoms with Crippen molar-refractivity contribution in [3.8, 4) is 0 Å². The van der Waals surface area contributed by atoms with Crippen molar-refractivity contribution in [2.24, 2.45) is 5.92 Å². The van der Waals surface area contributed by atoms with Crippen LogP contribution in [0, 0.1) is 5.92 Å². The van der Waals surface area contributed by atoms with Gasteiger partial charge >= 0.3 is 17.9 Å². The van der Waals surface area contributed by atoms with Gasteiger partial charge in [0.15, 0.2) is 6.10 Å². The highest BCUT2D eigenvalue weighted by Crippen LogP contribution is 2.16.